The Hall–Kier alpha value is 0.110. The number of pyridine rings is 1. The van der Waals surface area contributed by atoms with E-state index in [0.29, 0.717) is 10.8 Å². The Balaban J connectivity index is 2.05. The molecule has 20 heavy (non-hydrogen) atoms. The molecule has 0 unspecified atom stereocenters. The van der Waals surface area contributed by atoms with Crippen LogP contribution in [0, 0.1) is 16.7 Å². The summed E-state index contributed by atoms with van der Waals surface area (Å²) in [6.07, 6.45) is 10.4. The summed E-state index contributed by atoms with van der Waals surface area (Å²) in [5.41, 5.74) is 2.23. The fourth-order valence-corrected chi connectivity index (χ4v) is 4.61. The van der Waals surface area contributed by atoms with Crippen molar-refractivity contribution in [2.75, 3.05) is 5.33 Å². The van der Waals surface area contributed by atoms with E-state index in [9.17, 15) is 0 Å². The van der Waals surface area contributed by atoms with Crippen molar-refractivity contribution in [2.45, 2.75) is 52.9 Å². The molecule has 0 saturated heterocycles. The summed E-state index contributed by atoms with van der Waals surface area (Å²) in [5, 5.41) is 1.10. The molecule has 1 aromatic heterocycles. The normalized spacial score (nSPS) is 27.6. The van der Waals surface area contributed by atoms with E-state index in [1.165, 1.54) is 31.2 Å². The summed E-state index contributed by atoms with van der Waals surface area (Å²) in [5.74, 6) is 0.871. The molecule has 0 N–H and O–H groups in total. The largest absolute Gasteiger partial charge is 0.263 e. The molecule has 1 aromatic rings. The minimum atomic E-state index is 0.421. The number of nitrogens with zero attached hydrogens (tertiary/aromatic N) is 1. The van der Waals surface area contributed by atoms with Crippen molar-refractivity contribution < 1.29 is 0 Å². The van der Waals surface area contributed by atoms with Crippen LogP contribution in [0.2, 0.25) is 0 Å². The zero-order valence-corrected chi connectivity index (χ0v) is 15.9. The second-order valence-electron chi connectivity index (χ2n) is 7.46. The van der Waals surface area contributed by atoms with Crippen molar-refractivity contribution in [3.05, 3.63) is 28.5 Å². The first-order valence-corrected chi connectivity index (χ1v) is 9.41. The first-order chi connectivity index (χ1) is 9.35. The van der Waals surface area contributed by atoms with Gasteiger partial charge in [0.05, 0.1) is 0 Å². The van der Waals surface area contributed by atoms with Gasteiger partial charge in [0.25, 0.3) is 0 Å². The van der Waals surface area contributed by atoms with E-state index in [1.807, 2.05) is 12.4 Å². The van der Waals surface area contributed by atoms with Crippen molar-refractivity contribution in [1.29, 1.82) is 0 Å². The summed E-state index contributed by atoms with van der Waals surface area (Å²) < 4.78 is 1.09. The van der Waals surface area contributed by atoms with Crippen LogP contribution in [0.3, 0.4) is 0 Å². The van der Waals surface area contributed by atoms with Crippen LogP contribution in [-0.2, 0) is 6.42 Å². The summed E-state index contributed by atoms with van der Waals surface area (Å²) in [4.78, 5) is 4.31. The van der Waals surface area contributed by atoms with Crippen molar-refractivity contribution in [3.63, 3.8) is 0 Å². The van der Waals surface area contributed by atoms with Gasteiger partial charge in [-0.2, -0.15) is 0 Å². The summed E-state index contributed by atoms with van der Waals surface area (Å²) in [7, 11) is 0. The second kappa shape index (κ2) is 6.48. The van der Waals surface area contributed by atoms with Crippen LogP contribution in [0.1, 0.15) is 52.0 Å². The van der Waals surface area contributed by atoms with Gasteiger partial charge in [0.1, 0.15) is 0 Å². The highest BCUT2D eigenvalue weighted by molar-refractivity contribution is 9.10. The van der Waals surface area contributed by atoms with Crippen molar-refractivity contribution in [2.24, 2.45) is 16.7 Å². The lowest BCUT2D eigenvalue weighted by Crippen LogP contribution is -2.35. The van der Waals surface area contributed by atoms with Gasteiger partial charge < -0.3 is 0 Å². The molecule has 1 fully saturated rings. The molecule has 1 aliphatic carbocycles. The second-order valence-corrected chi connectivity index (χ2v) is 8.94. The Labute approximate surface area is 140 Å². The average Bonchev–Trinajstić information content (AvgIpc) is 2.38. The monoisotopic (exact) mass is 401 g/mol. The van der Waals surface area contributed by atoms with Crippen LogP contribution >= 0.6 is 31.9 Å². The predicted molar refractivity (Wildman–Crippen MR) is 93.3 cm³/mol. The van der Waals surface area contributed by atoms with E-state index in [-0.39, 0.29) is 0 Å². The molecule has 0 bridgehead atoms. The van der Waals surface area contributed by atoms with E-state index in [1.54, 1.807) is 0 Å². The SMILES string of the molecule is CC(C)(C)C1CCC(CBr)(Cc2cncc(Br)c2)CC1. The lowest BCUT2D eigenvalue weighted by atomic mass is 9.63. The van der Waals surface area contributed by atoms with E-state index in [2.05, 4.69) is 63.7 Å². The first kappa shape index (κ1) is 16.5. The third kappa shape index (κ3) is 4.07. The van der Waals surface area contributed by atoms with Gasteiger partial charge in [-0.15, -0.1) is 0 Å². The van der Waals surface area contributed by atoms with Crippen LogP contribution in [-0.4, -0.2) is 10.3 Å². The van der Waals surface area contributed by atoms with Crippen LogP contribution in [0.25, 0.3) is 0 Å². The quantitative estimate of drug-likeness (QED) is 0.564. The number of hydrogen-bond acceptors (Lipinski definition) is 1. The summed E-state index contributed by atoms with van der Waals surface area (Å²) in [6, 6.07) is 2.22. The van der Waals surface area contributed by atoms with Gasteiger partial charge in [0, 0.05) is 22.2 Å². The lowest BCUT2D eigenvalue weighted by Gasteiger charge is -2.43. The zero-order chi connectivity index (χ0) is 14.8. The van der Waals surface area contributed by atoms with Crippen molar-refractivity contribution in [1.82, 2.24) is 4.98 Å². The Morgan fingerprint density at radius 1 is 1.25 bits per heavy atom. The molecule has 0 atom stereocenters. The third-order valence-corrected chi connectivity index (χ3v) is 6.52. The number of rotatable bonds is 3. The maximum Gasteiger partial charge on any atom is 0.0410 e. The molecule has 1 saturated carbocycles. The fourth-order valence-electron chi connectivity index (χ4n) is 3.44. The number of alkyl halides is 1. The molecule has 1 nitrogen and oxygen atoms in total. The predicted octanol–water partition coefficient (Wildman–Crippen LogP) is 6.00. The summed E-state index contributed by atoms with van der Waals surface area (Å²) in [6.45, 7) is 7.16. The Bertz CT molecular complexity index is 443. The molecular weight excluding hydrogens is 378 g/mol. The lowest BCUT2D eigenvalue weighted by molar-refractivity contribution is 0.103. The number of halogens is 2. The maximum absolute atomic E-state index is 4.31. The van der Waals surface area contributed by atoms with E-state index >= 15 is 0 Å². The molecule has 0 spiro atoms. The molecule has 112 valence electrons. The standard InChI is InChI=1S/C17H25Br2N/c1-16(2,3)14-4-6-17(12-18,7-5-14)9-13-8-15(19)11-20-10-13/h8,10-11,14H,4-7,9,12H2,1-3H3. The molecule has 3 heteroatoms. The van der Waals surface area contributed by atoms with Crippen LogP contribution < -0.4 is 0 Å². The molecule has 2 rings (SSSR count). The van der Waals surface area contributed by atoms with E-state index in [4.69, 9.17) is 0 Å². The zero-order valence-electron chi connectivity index (χ0n) is 12.8. The van der Waals surface area contributed by atoms with Gasteiger partial charge in [0.2, 0.25) is 0 Å². The Morgan fingerprint density at radius 2 is 1.90 bits per heavy atom. The van der Waals surface area contributed by atoms with E-state index < -0.39 is 0 Å². The third-order valence-electron chi connectivity index (χ3n) is 4.90. The Morgan fingerprint density at radius 3 is 2.40 bits per heavy atom. The molecular formula is C17H25Br2N. The molecule has 0 aromatic carbocycles. The highest BCUT2D eigenvalue weighted by Crippen LogP contribution is 2.47. The maximum atomic E-state index is 4.31. The van der Waals surface area contributed by atoms with Gasteiger partial charge in [-0.1, -0.05) is 36.7 Å². The van der Waals surface area contributed by atoms with Crippen LogP contribution in [0.15, 0.2) is 22.9 Å². The highest BCUT2D eigenvalue weighted by Gasteiger charge is 2.38. The van der Waals surface area contributed by atoms with Crippen LogP contribution in [0.5, 0.6) is 0 Å². The summed E-state index contributed by atoms with van der Waals surface area (Å²) >= 11 is 7.31. The number of hydrogen-bond donors (Lipinski definition) is 0. The van der Waals surface area contributed by atoms with Gasteiger partial charge >= 0.3 is 0 Å². The van der Waals surface area contributed by atoms with Crippen LogP contribution in [0.4, 0.5) is 0 Å². The van der Waals surface area contributed by atoms with E-state index in [0.717, 1.165) is 22.1 Å². The number of aromatic nitrogens is 1. The minimum absolute atomic E-state index is 0.421. The smallest absolute Gasteiger partial charge is 0.0410 e. The molecule has 0 amide bonds. The first-order valence-electron chi connectivity index (χ1n) is 7.50. The average molecular weight is 403 g/mol. The van der Waals surface area contributed by atoms with Gasteiger partial charge in [-0.05, 0) is 76.4 Å². The fraction of sp³-hybridized carbons (Fsp3) is 0.706. The molecule has 0 aliphatic heterocycles. The Kier molecular flexibility index (Phi) is 5.34. The topological polar surface area (TPSA) is 12.9 Å². The highest BCUT2D eigenvalue weighted by atomic mass is 79.9. The van der Waals surface area contributed by atoms with Crippen molar-refractivity contribution in [3.8, 4) is 0 Å². The van der Waals surface area contributed by atoms with Gasteiger partial charge in [-0.3, -0.25) is 4.98 Å². The van der Waals surface area contributed by atoms with Crippen molar-refractivity contribution >= 4 is 31.9 Å². The molecule has 1 aliphatic rings. The molecule has 0 radical (unpaired) electrons. The molecule has 1 heterocycles. The minimum Gasteiger partial charge on any atom is -0.263 e. The van der Waals surface area contributed by atoms with Gasteiger partial charge in [0.15, 0.2) is 0 Å². The van der Waals surface area contributed by atoms with Gasteiger partial charge in [-0.25, -0.2) is 0 Å².